The summed E-state index contributed by atoms with van der Waals surface area (Å²) in [6, 6.07) is 22.9. The van der Waals surface area contributed by atoms with Crippen molar-refractivity contribution < 1.29 is 4.74 Å². The molecular weight excluding hydrogens is 322 g/mol. The van der Waals surface area contributed by atoms with Crippen LogP contribution in [0.4, 0.5) is 0 Å². The molecule has 136 valence electrons. The van der Waals surface area contributed by atoms with E-state index in [1.807, 2.05) is 42.2 Å². The second-order valence-corrected chi connectivity index (χ2v) is 6.62. The van der Waals surface area contributed by atoms with Gasteiger partial charge in [0, 0.05) is 19.8 Å². The van der Waals surface area contributed by atoms with Crippen molar-refractivity contribution in [2.75, 3.05) is 13.6 Å². The standard InChI is InChI=1S/C22H27N3O/c1-18(24(2)17-15-19-10-6-4-7-11-19)26-22(20-12-8-5-9-13-20)21-14-16-23-25(21)3/h4-14,16,18,22H,15,17H2,1-3H3/t18-,22?/m0/s1. The SMILES string of the molecule is C[C@H](OC(c1ccccc1)c1ccnn1C)N(C)CCc1ccccc1. The summed E-state index contributed by atoms with van der Waals surface area (Å²) < 4.78 is 8.36. The van der Waals surface area contributed by atoms with Crippen molar-refractivity contribution >= 4 is 0 Å². The van der Waals surface area contributed by atoms with Crippen molar-refractivity contribution in [3.8, 4) is 0 Å². The molecule has 0 radical (unpaired) electrons. The maximum Gasteiger partial charge on any atom is 0.126 e. The quantitative estimate of drug-likeness (QED) is 0.575. The average molecular weight is 349 g/mol. The maximum atomic E-state index is 6.48. The van der Waals surface area contributed by atoms with Crippen LogP contribution in [-0.2, 0) is 18.2 Å². The topological polar surface area (TPSA) is 30.3 Å². The van der Waals surface area contributed by atoms with Crippen LogP contribution in [0.5, 0.6) is 0 Å². The number of hydrogen-bond donors (Lipinski definition) is 0. The normalized spacial score (nSPS) is 13.7. The van der Waals surface area contributed by atoms with Gasteiger partial charge in [-0.2, -0.15) is 5.10 Å². The molecule has 0 fully saturated rings. The third kappa shape index (κ3) is 4.59. The van der Waals surface area contributed by atoms with Crippen molar-refractivity contribution in [2.45, 2.75) is 25.7 Å². The maximum absolute atomic E-state index is 6.48. The Hall–Kier alpha value is -2.43. The van der Waals surface area contributed by atoms with E-state index >= 15 is 0 Å². The lowest BCUT2D eigenvalue weighted by Crippen LogP contribution is -2.34. The van der Waals surface area contributed by atoms with E-state index in [-0.39, 0.29) is 12.3 Å². The molecule has 3 aromatic rings. The minimum Gasteiger partial charge on any atom is -0.349 e. The highest BCUT2D eigenvalue weighted by atomic mass is 16.5. The number of likely N-dealkylation sites (N-methyl/N-ethyl adjacent to an activating group) is 1. The van der Waals surface area contributed by atoms with E-state index < -0.39 is 0 Å². The predicted octanol–water partition coefficient (Wildman–Crippen LogP) is 4.05. The second kappa shape index (κ2) is 8.79. The third-order valence-corrected chi connectivity index (χ3v) is 4.78. The lowest BCUT2D eigenvalue weighted by Gasteiger charge is -2.29. The molecule has 0 aliphatic heterocycles. The molecular formula is C22H27N3O. The van der Waals surface area contributed by atoms with Gasteiger partial charge in [-0.25, -0.2) is 0 Å². The van der Waals surface area contributed by atoms with Gasteiger partial charge in [0.05, 0.1) is 5.69 Å². The van der Waals surface area contributed by atoms with Gasteiger partial charge in [-0.1, -0.05) is 60.7 Å². The number of aryl methyl sites for hydroxylation is 1. The first-order valence-electron chi connectivity index (χ1n) is 9.07. The Bertz CT molecular complexity index is 785. The van der Waals surface area contributed by atoms with Gasteiger partial charge in [0.25, 0.3) is 0 Å². The fraction of sp³-hybridized carbons (Fsp3) is 0.318. The number of nitrogens with zero attached hydrogens (tertiary/aromatic N) is 3. The van der Waals surface area contributed by atoms with Crippen LogP contribution in [0.3, 0.4) is 0 Å². The number of hydrogen-bond acceptors (Lipinski definition) is 3. The van der Waals surface area contributed by atoms with Crippen LogP contribution in [0.2, 0.25) is 0 Å². The zero-order chi connectivity index (χ0) is 18.4. The third-order valence-electron chi connectivity index (χ3n) is 4.78. The van der Waals surface area contributed by atoms with E-state index in [9.17, 15) is 0 Å². The van der Waals surface area contributed by atoms with Crippen molar-refractivity contribution in [1.29, 1.82) is 0 Å². The van der Waals surface area contributed by atoms with E-state index in [0.29, 0.717) is 0 Å². The summed E-state index contributed by atoms with van der Waals surface area (Å²) in [4.78, 5) is 2.25. The summed E-state index contributed by atoms with van der Waals surface area (Å²) in [7, 11) is 4.07. The van der Waals surface area contributed by atoms with Gasteiger partial charge in [0.2, 0.25) is 0 Å². The van der Waals surface area contributed by atoms with E-state index in [1.165, 1.54) is 5.56 Å². The van der Waals surface area contributed by atoms with Crippen LogP contribution in [0, 0.1) is 0 Å². The van der Waals surface area contributed by atoms with Gasteiger partial charge in [-0.15, -0.1) is 0 Å². The number of benzene rings is 2. The van der Waals surface area contributed by atoms with E-state index in [4.69, 9.17) is 4.74 Å². The van der Waals surface area contributed by atoms with Gasteiger partial charge in [0.1, 0.15) is 12.3 Å². The number of ether oxygens (including phenoxy) is 1. The average Bonchev–Trinajstić information content (AvgIpc) is 3.11. The van der Waals surface area contributed by atoms with Crippen molar-refractivity contribution in [1.82, 2.24) is 14.7 Å². The first-order valence-corrected chi connectivity index (χ1v) is 9.07. The fourth-order valence-corrected chi connectivity index (χ4v) is 3.02. The van der Waals surface area contributed by atoms with Crippen molar-refractivity contribution in [2.24, 2.45) is 7.05 Å². The molecule has 26 heavy (non-hydrogen) atoms. The molecule has 1 aromatic heterocycles. The smallest absolute Gasteiger partial charge is 0.126 e. The van der Waals surface area contributed by atoms with Crippen LogP contribution in [0.25, 0.3) is 0 Å². The molecule has 0 saturated heterocycles. The van der Waals surface area contributed by atoms with E-state index in [2.05, 4.69) is 66.4 Å². The molecule has 0 bridgehead atoms. The Morgan fingerprint density at radius 3 is 2.27 bits per heavy atom. The zero-order valence-corrected chi connectivity index (χ0v) is 15.7. The van der Waals surface area contributed by atoms with Crippen LogP contribution in [-0.4, -0.2) is 34.5 Å². The monoisotopic (exact) mass is 349 g/mol. The van der Waals surface area contributed by atoms with Crippen LogP contribution in [0.15, 0.2) is 72.9 Å². The number of aromatic nitrogens is 2. The molecule has 0 amide bonds. The molecule has 0 N–H and O–H groups in total. The Balaban J connectivity index is 1.69. The minimum atomic E-state index is -0.141. The highest BCUT2D eigenvalue weighted by molar-refractivity contribution is 5.25. The summed E-state index contributed by atoms with van der Waals surface area (Å²) >= 11 is 0. The zero-order valence-electron chi connectivity index (χ0n) is 15.7. The van der Waals surface area contributed by atoms with Crippen molar-refractivity contribution in [3.05, 3.63) is 89.7 Å². The predicted molar refractivity (Wildman–Crippen MR) is 105 cm³/mol. The first-order chi connectivity index (χ1) is 12.6. The largest absolute Gasteiger partial charge is 0.349 e. The molecule has 1 unspecified atom stereocenters. The highest BCUT2D eigenvalue weighted by Gasteiger charge is 2.22. The molecule has 0 aliphatic carbocycles. The molecule has 0 spiro atoms. The summed E-state index contributed by atoms with van der Waals surface area (Å²) in [6.45, 7) is 3.05. The second-order valence-electron chi connectivity index (χ2n) is 6.62. The van der Waals surface area contributed by atoms with Gasteiger partial charge in [-0.3, -0.25) is 9.58 Å². The molecule has 1 heterocycles. The van der Waals surface area contributed by atoms with Gasteiger partial charge < -0.3 is 4.74 Å². The Labute approximate surface area is 156 Å². The van der Waals surface area contributed by atoms with Crippen LogP contribution in [0.1, 0.15) is 29.8 Å². The summed E-state index contributed by atoms with van der Waals surface area (Å²) in [6.07, 6.45) is 2.67. The lowest BCUT2D eigenvalue weighted by atomic mass is 10.1. The van der Waals surface area contributed by atoms with E-state index in [0.717, 1.165) is 24.2 Å². The Morgan fingerprint density at radius 1 is 1.00 bits per heavy atom. The van der Waals surface area contributed by atoms with Crippen LogP contribution < -0.4 is 0 Å². The summed E-state index contributed by atoms with van der Waals surface area (Å²) in [5.74, 6) is 0. The van der Waals surface area contributed by atoms with Crippen LogP contribution >= 0.6 is 0 Å². The molecule has 4 heteroatoms. The highest BCUT2D eigenvalue weighted by Crippen LogP contribution is 2.27. The summed E-state index contributed by atoms with van der Waals surface area (Å²) in [5, 5.41) is 4.31. The number of rotatable bonds is 8. The fourth-order valence-electron chi connectivity index (χ4n) is 3.02. The Kier molecular flexibility index (Phi) is 6.21. The minimum absolute atomic E-state index is 0.0150. The lowest BCUT2D eigenvalue weighted by molar-refractivity contribution is -0.0684. The molecule has 0 saturated carbocycles. The van der Waals surface area contributed by atoms with Gasteiger partial charge >= 0.3 is 0 Å². The van der Waals surface area contributed by atoms with Gasteiger partial charge in [0.15, 0.2) is 0 Å². The molecule has 2 atom stereocenters. The van der Waals surface area contributed by atoms with E-state index in [1.54, 1.807) is 0 Å². The van der Waals surface area contributed by atoms with Gasteiger partial charge in [-0.05, 0) is 37.6 Å². The molecule has 4 nitrogen and oxygen atoms in total. The molecule has 0 aliphatic rings. The summed E-state index contributed by atoms with van der Waals surface area (Å²) in [5.41, 5.74) is 3.54. The molecule has 2 aromatic carbocycles. The van der Waals surface area contributed by atoms with Crippen molar-refractivity contribution in [3.63, 3.8) is 0 Å². The molecule has 3 rings (SSSR count). The first kappa shape index (κ1) is 18.4. The Morgan fingerprint density at radius 2 is 1.65 bits per heavy atom.